The van der Waals surface area contributed by atoms with Crippen molar-refractivity contribution in [2.75, 3.05) is 38.2 Å². The summed E-state index contributed by atoms with van der Waals surface area (Å²) in [7, 11) is 1.54. The van der Waals surface area contributed by atoms with Gasteiger partial charge in [-0.1, -0.05) is 0 Å². The average Bonchev–Trinajstić information content (AvgIpc) is 3.11. The van der Waals surface area contributed by atoms with E-state index in [1.807, 2.05) is 35.6 Å². The van der Waals surface area contributed by atoms with Crippen molar-refractivity contribution in [1.82, 2.24) is 29.6 Å². The van der Waals surface area contributed by atoms with Crippen LogP contribution in [0.2, 0.25) is 0 Å². The number of piperazine rings is 1. The number of hydrogen-bond acceptors (Lipinski definition) is 7. The van der Waals surface area contributed by atoms with Gasteiger partial charge < -0.3 is 14.5 Å². The zero-order valence-corrected chi connectivity index (χ0v) is 16.7. The van der Waals surface area contributed by atoms with Gasteiger partial charge in [0.15, 0.2) is 5.82 Å². The van der Waals surface area contributed by atoms with Gasteiger partial charge in [-0.15, -0.1) is 0 Å². The number of aryl methyl sites for hydroxylation is 2. The van der Waals surface area contributed by atoms with E-state index in [1.54, 1.807) is 24.7 Å². The molecule has 0 bridgehead atoms. The van der Waals surface area contributed by atoms with Gasteiger partial charge >= 0.3 is 0 Å². The van der Waals surface area contributed by atoms with E-state index in [1.165, 1.54) is 7.11 Å². The average molecular weight is 393 g/mol. The Morgan fingerprint density at radius 2 is 1.76 bits per heavy atom. The molecule has 0 atom stereocenters. The lowest BCUT2D eigenvalue weighted by Crippen LogP contribution is -2.49. The number of carbonyl (C=O) groups excluding carboxylic acids is 1. The number of rotatable bonds is 4. The van der Waals surface area contributed by atoms with Crippen LogP contribution in [0.15, 0.2) is 36.8 Å². The molecule has 1 aliphatic heterocycles. The fourth-order valence-electron chi connectivity index (χ4n) is 3.46. The number of carbonyl (C=O) groups is 1. The lowest BCUT2D eigenvalue weighted by Gasteiger charge is -2.35. The van der Waals surface area contributed by atoms with E-state index in [9.17, 15) is 4.79 Å². The van der Waals surface area contributed by atoms with Gasteiger partial charge in [0.2, 0.25) is 5.88 Å². The molecule has 4 rings (SSSR count). The molecule has 9 heteroatoms. The van der Waals surface area contributed by atoms with E-state index in [2.05, 4.69) is 25.0 Å². The molecule has 1 fully saturated rings. The highest BCUT2D eigenvalue weighted by Gasteiger charge is 2.23. The fourth-order valence-corrected chi connectivity index (χ4v) is 3.46. The number of ether oxygens (including phenoxy) is 1. The van der Waals surface area contributed by atoms with Crippen molar-refractivity contribution in [3.8, 4) is 11.7 Å². The van der Waals surface area contributed by atoms with Gasteiger partial charge in [0, 0.05) is 55.8 Å². The molecule has 29 heavy (non-hydrogen) atoms. The number of methoxy groups -OCH3 is 1. The third kappa shape index (κ3) is 3.89. The second kappa shape index (κ2) is 7.86. The Morgan fingerprint density at radius 1 is 1.00 bits per heavy atom. The summed E-state index contributed by atoms with van der Waals surface area (Å²) in [5, 5.41) is 4.49. The predicted octanol–water partition coefficient (Wildman–Crippen LogP) is 1.65. The molecule has 9 nitrogen and oxygen atoms in total. The number of pyridine rings is 1. The Kier molecular flexibility index (Phi) is 5.11. The molecule has 3 aromatic heterocycles. The zero-order chi connectivity index (χ0) is 20.4. The van der Waals surface area contributed by atoms with Crippen molar-refractivity contribution in [2.45, 2.75) is 13.8 Å². The van der Waals surface area contributed by atoms with E-state index < -0.39 is 0 Å². The lowest BCUT2D eigenvalue weighted by molar-refractivity contribution is 0.0746. The van der Waals surface area contributed by atoms with E-state index in [0.717, 1.165) is 23.0 Å². The Bertz CT molecular complexity index is 1030. The quantitative estimate of drug-likeness (QED) is 0.666. The molecule has 0 unspecified atom stereocenters. The molecule has 1 saturated heterocycles. The normalized spacial score (nSPS) is 14.2. The number of anilines is 1. The number of nitrogens with zero attached hydrogens (tertiary/aromatic N) is 7. The third-order valence-corrected chi connectivity index (χ3v) is 4.95. The lowest BCUT2D eigenvalue weighted by atomic mass is 10.2. The largest absolute Gasteiger partial charge is 0.481 e. The van der Waals surface area contributed by atoms with Gasteiger partial charge in [0.25, 0.3) is 5.91 Å². The minimum absolute atomic E-state index is 0.0173. The first-order valence-electron chi connectivity index (χ1n) is 9.45. The molecular formula is C20H23N7O2. The summed E-state index contributed by atoms with van der Waals surface area (Å²) >= 11 is 0. The van der Waals surface area contributed by atoms with Crippen LogP contribution in [0.1, 0.15) is 21.7 Å². The maximum Gasteiger partial charge on any atom is 0.254 e. The van der Waals surface area contributed by atoms with Crippen molar-refractivity contribution in [1.29, 1.82) is 0 Å². The van der Waals surface area contributed by atoms with Gasteiger partial charge in [-0.25, -0.2) is 19.6 Å². The monoisotopic (exact) mass is 393 g/mol. The Hall–Kier alpha value is -3.49. The predicted molar refractivity (Wildman–Crippen MR) is 108 cm³/mol. The van der Waals surface area contributed by atoms with E-state index >= 15 is 0 Å². The molecule has 0 aliphatic carbocycles. The standard InChI is InChI=1S/C20H23N7O2/c1-14-10-15(2)27(24-14)18-12-17(22-13-23-18)25-6-8-26(9-7-25)20(28)16-4-5-21-19(11-16)29-3/h4-5,10-13H,6-9H2,1-3H3. The maximum atomic E-state index is 12.8. The first-order chi connectivity index (χ1) is 14.0. The summed E-state index contributed by atoms with van der Waals surface area (Å²) in [6, 6.07) is 7.33. The summed E-state index contributed by atoms with van der Waals surface area (Å²) in [5.41, 5.74) is 2.55. The van der Waals surface area contributed by atoms with Crippen molar-refractivity contribution >= 4 is 11.7 Å². The molecule has 3 aromatic rings. The molecule has 0 saturated carbocycles. The third-order valence-electron chi connectivity index (χ3n) is 4.95. The first kappa shape index (κ1) is 18.9. The molecule has 4 heterocycles. The zero-order valence-electron chi connectivity index (χ0n) is 16.7. The molecule has 1 aliphatic rings. The second-order valence-electron chi connectivity index (χ2n) is 6.94. The second-order valence-corrected chi connectivity index (χ2v) is 6.94. The summed E-state index contributed by atoms with van der Waals surface area (Å²) in [5.74, 6) is 1.99. The van der Waals surface area contributed by atoms with Crippen LogP contribution >= 0.6 is 0 Å². The maximum absolute atomic E-state index is 12.8. The molecule has 1 amide bonds. The van der Waals surface area contributed by atoms with E-state index in [-0.39, 0.29) is 5.91 Å². The van der Waals surface area contributed by atoms with Crippen molar-refractivity contribution in [2.24, 2.45) is 0 Å². The fraction of sp³-hybridized carbons (Fsp3) is 0.350. The smallest absolute Gasteiger partial charge is 0.254 e. The highest BCUT2D eigenvalue weighted by atomic mass is 16.5. The number of hydrogen-bond donors (Lipinski definition) is 0. The number of aromatic nitrogens is 5. The molecule has 0 radical (unpaired) electrons. The summed E-state index contributed by atoms with van der Waals surface area (Å²) in [6.07, 6.45) is 3.14. The summed E-state index contributed by atoms with van der Waals surface area (Å²) in [6.45, 7) is 6.58. The molecule has 150 valence electrons. The van der Waals surface area contributed by atoms with Crippen LogP contribution in [-0.2, 0) is 0 Å². The minimum atomic E-state index is -0.0173. The first-order valence-corrected chi connectivity index (χ1v) is 9.45. The number of amides is 1. The van der Waals surface area contributed by atoms with Crippen molar-refractivity contribution in [3.63, 3.8) is 0 Å². The molecule has 0 N–H and O–H groups in total. The minimum Gasteiger partial charge on any atom is -0.481 e. The van der Waals surface area contributed by atoms with Crippen LogP contribution in [0.5, 0.6) is 5.88 Å². The van der Waals surface area contributed by atoms with Crippen LogP contribution in [-0.4, -0.2) is 68.8 Å². The van der Waals surface area contributed by atoms with Gasteiger partial charge in [0.1, 0.15) is 12.1 Å². The van der Waals surface area contributed by atoms with E-state index in [0.29, 0.717) is 37.6 Å². The Balaban J connectivity index is 1.45. The molecular weight excluding hydrogens is 370 g/mol. The van der Waals surface area contributed by atoms with Crippen molar-refractivity contribution < 1.29 is 9.53 Å². The van der Waals surface area contributed by atoms with Crippen molar-refractivity contribution in [3.05, 3.63) is 53.7 Å². The van der Waals surface area contributed by atoms with Crippen LogP contribution in [0, 0.1) is 13.8 Å². The topological polar surface area (TPSA) is 89.3 Å². The SMILES string of the molecule is COc1cc(C(=O)N2CCN(c3cc(-n4nc(C)cc4C)ncn3)CC2)ccn1. The van der Waals surface area contributed by atoms with Gasteiger partial charge in [-0.3, -0.25) is 4.79 Å². The highest BCUT2D eigenvalue weighted by Crippen LogP contribution is 2.19. The van der Waals surface area contributed by atoms with Gasteiger partial charge in [0.05, 0.1) is 12.8 Å². The van der Waals surface area contributed by atoms with Gasteiger partial charge in [-0.05, 0) is 26.0 Å². The Morgan fingerprint density at radius 3 is 2.45 bits per heavy atom. The van der Waals surface area contributed by atoms with Crippen LogP contribution < -0.4 is 9.64 Å². The Labute approximate surface area is 169 Å². The molecule has 0 spiro atoms. The highest BCUT2D eigenvalue weighted by molar-refractivity contribution is 5.94. The molecule has 0 aromatic carbocycles. The summed E-state index contributed by atoms with van der Waals surface area (Å²) in [4.78, 5) is 29.6. The van der Waals surface area contributed by atoms with Crippen LogP contribution in [0.4, 0.5) is 5.82 Å². The van der Waals surface area contributed by atoms with Crippen LogP contribution in [0.25, 0.3) is 5.82 Å². The summed E-state index contributed by atoms with van der Waals surface area (Å²) < 4.78 is 6.93. The van der Waals surface area contributed by atoms with E-state index in [4.69, 9.17) is 4.74 Å². The van der Waals surface area contributed by atoms with Crippen LogP contribution in [0.3, 0.4) is 0 Å². The van der Waals surface area contributed by atoms with Gasteiger partial charge in [-0.2, -0.15) is 5.10 Å².